The van der Waals surface area contributed by atoms with E-state index in [1.807, 2.05) is 30.0 Å². The van der Waals surface area contributed by atoms with Crippen LogP contribution in [0.4, 0.5) is 0 Å². The molecule has 1 amide bonds. The van der Waals surface area contributed by atoms with E-state index in [4.69, 9.17) is 9.47 Å². The van der Waals surface area contributed by atoms with Crippen LogP contribution >= 0.6 is 15.9 Å². The van der Waals surface area contributed by atoms with Crippen LogP contribution in [0.3, 0.4) is 0 Å². The summed E-state index contributed by atoms with van der Waals surface area (Å²) in [5.74, 6) is -0.512. The number of carbonyl (C=O) groups excluding carboxylic acids is 1. The van der Waals surface area contributed by atoms with Crippen LogP contribution in [0, 0.1) is 6.92 Å². The third-order valence-corrected chi connectivity index (χ3v) is 4.27. The first-order chi connectivity index (χ1) is 9.58. The zero-order chi connectivity index (χ0) is 14.2. The van der Waals surface area contributed by atoms with Crippen molar-refractivity contribution in [3.63, 3.8) is 0 Å². The van der Waals surface area contributed by atoms with Crippen molar-refractivity contribution in [2.45, 2.75) is 25.6 Å². The highest BCUT2D eigenvalue weighted by Gasteiger charge is 2.42. The third kappa shape index (κ3) is 2.75. The van der Waals surface area contributed by atoms with Gasteiger partial charge in [-0.3, -0.25) is 4.79 Å². The number of carbonyl (C=O) groups is 1. The van der Waals surface area contributed by atoms with E-state index in [1.165, 1.54) is 0 Å². The van der Waals surface area contributed by atoms with E-state index in [-0.39, 0.29) is 5.91 Å². The maximum atomic E-state index is 12.6. The summed E-state index contributed by atoms with van der Waals surface area (Å²) in [4.78, 5) is 14.5. The van der Waals surface area contributed by atoms with Crippen molar-refractivity contribution in [2.75, 3.05) is 26.3 Å². The number of benzene rings is 1. The SMILES string of the molecule is Cc1cc(Br)cc(C(=O)N2CCCC3(C2)OCCO3)c1. The molecule has 5 heteroatoms. The van der Waals surface area contributed by atoms with Crippen molar-refractivity contribution in [1.82, 2.24) is 4.90 Å². The van der Waals surface area contributed by atoms with Gasteiger partial charge in [-0.05, 0) is 37.1 Å². The van der Waals surface area contributed by atoms with Crippen molar-refractivity contribution < 1.29 is 14.3 Å². The molecule has 1 spiro atoms. The number of amides is 1. The van der Waals surface area contributed by atoms with Crippen molar-refractivity contribution in [3.8, 4) is 0 Å². The first kappa shape index (κ1) is 14.0. The molecule has 0 radical (unpaired) electrons. The van der Waals surface area contributed by atoms with Crippen LogP contribution < -0.4 is 0 Å². The van der Waals surface area contributed by atoms with Gasteiger partial charge in [0.25, 0.3) is 5.91 Å². The van der Waals surface area contributed by atoms with Gasteiger partial charge in [0, 0.05) is 23.0 Å². The summed E-state index contributed by atoms with van der Waals surface area (Å²) in [5, 5.41) is 0. The van der Waals surface area contributed by atoms with Crippen LogP contribution in [-0.2, 0) is 9.47 Å². The molecular formula is C15H18BrNO3. The van der Waals surface area contributed by atoms with Gasteiger partial charge in [0.05, 0.1) is 19.8 Å². The normalized spacial score (nSPS) is 21.4. The van der Waals surface area contributed by atoms with Gasteiger partial charge in [-0.1, -0.05) is 15.9 Å². The number of hydrogen-bond donors (Lipinski definition) is 0. The van der Waals surface area contributed by atoms with Gasteiger partial charge in [0.2, 0.25) is 0 Å². The van der Waals surface area contributed by atoms with Crippen molar-refractivity contribution in [1.29, 1.82) is 0 Å². The van der Waals surface area contributed by atoms with Crippen LogP contribution in [-0.4, -0.2) is 42.9 Å². The topological polar surface area (TPSA) is 38.8 Å². The highest BCUT2D eigenvalue weighted by atomic mass is 79.9. The van der Waals surface area contributed by atoms with Gasteiger partial charge in [-0.15, -0.1) is 0 Å². The number of aryl methyl sites for hydroxylation is 1. The smallest absolute Gasteiger partial charge is 0.254 e. The van der Waals surface area contributed by atoms with E-state index in [1.54, 1.807) is 0 Å². The fraction of sp³-hybridized carbons (Fsp3) is 0.533. The number of piperidine rings is 1. The van der Waals surface area contributed by atoms with Crippen molar-refractivity contribution in [2.24, 2.45) is 0 Å². The van der Waals surface area contributed by atoms with Crippen LogP contribution in [0.5, 0.6) is 0 Å². The van der Waals surface area contributed by atoms with Gasteiger partial charge in [-0.2, -0.15) is 0 Å². The summed E-state index contributed by atoms with van der Waals surface area (Å²) in [7, 11) is 0. The first-order valence-electron chi connectivity index (χ1n) is 6.92. The molecule has 0 saturated carbocycles. The van der Waals surface area contributed by atoms with E-state index < -0.39 is 5.79 Å². The van der Waals surface area contributed by atoms with Crippen LogP contribution in [0.25, 0.3) is 0 Å². The van der Waals surface area contributed by atoms with E-state index in [9.17, 15) is 4.79 Å². The number of rotatable bonds is 1. The van der Waals surface area contributed by atoms with Gasteiger partial charge in [0.15, 0.2) is 5.79 Å². The Bertz CT molecular complexity index is 506. The van der Waals surface area contributed by atoms with E-state index >= 15 is 0 Å². The first-order valence-corrected chi connectivity index (χ1v) is 7.72. The lowest BCUT2D eigenvalue weighted by atomic mass is 10.0. The number of ether oxygens (including phenoxy) is 2. The minimum atomic E-state index is -0.561. The molecule has 2 aliphatic rings. The maximum absolute atomic E-state index is 12.6. The Labute approximate surface area is 127 Å². The largest absolute Gasteiger partial charge is 0.346 e. The maximum Gasteiger partial charge on any atom is 0.254 e. The van der Waals surface area contributed by atoms with Crippen LogP contribution in [0.15, 0.2) is 22.7 Å². The summed E-state index contributed by atoms with van der Waals surface area (Å²) in [6.45, 7) is 4.52. The molecule has 2 fully saturated rings. The molecule has 2 heterocycles. The fourth-order valence-corrected chi connectivity index (χ4v) is 3.54. The number of nitrogens with zero attached hydrogens (tertiary/aromatic N) is 1. The van der Waals surface area contributed by atoms with E-state index in [0.29, 0.717) is 25.3 Å². The standard InChI is InChI=1S/C15H18BrNO3/c1-11-7-12(9-13(16)8-11)14(18)17-4-2-3-15(10-17)19-5-6-20-15/h7-9H,2-6,10H2,1H3. The minimum Gasteiger partial charge on any atom is -0.346 e. The molecule has 2 aliphatic heterocycles. The fourth-order valence-electron chi connectivity index (χ4n) is 2.94. The highest BCUT2D eigenvalue weighted by molar-refractivity contribution is 9.10. The molecule has 0 aromatic heterocycles. The van der Waals surface area contributed by atoms with Crippen molar-refractivity contribution >= 4 is 21.8 Å². The Kier molecular flexibility index (Phi) is 3.84. The summed E-state index contributed by atoms with van der Waals surface area (Å²) < 4.78 is 12.4. The van der Waals surface area contributed by atoms with E-state index in [0.717, 1.165) is 29.4 Å². The van der Waals surface area contributed by atoms with Gasteiger partial charge < -0.3 is 14.4 Å². The summed E-state index contributed by atoms with van der Waals surface area (Å²) in [6.07, 6.45) is 1.78. The molecule has 0 atom stereocenters. The lowest BCUT2D eigenvalue weighted by Gasteiger charge is -2.38. The third-order valence-electron chi connectivity index (χ3n) is 3.81. The Hall–Kier alpha value is -0.910. The van der Waals surface area contributed by atoms with Gasteiger partial charge in [-0.25, -0.2) is 0 Å². The number of hydrogen-bond acceptors (Lipinski definition) is 3. The van der Waals surface area contributed by atoms with Crippen LogP contribution in [0.2, 0.25) is 0 Å². The lowest BCUT2D eigenvalue weighted by molar-refractivity contribution is -0.183. The zero-order valence-electron chi connectivity index (χ0n) is 11.5. The molecule has 2 saturated heterocycles. The molecule has 4 nitrogen and oxygen atoms in total. The number of likely N-dealkylation sites (tertiary alicyclic amines) is 1. The molecule has 0 N–H and O–H groups in total. The van der Waals surface area contributed by atoms with Crippen molar-refractivity contribution in [3.05, 3.63) is 33.8 Å². The average Bonchev–Trinajstić information content (AvgIpc) is 2.85. The monoisotopic (exact) mass is 339 g/mol. The van der Waals surface area contributed by atoms with E-state index in [2.05, 4.69) is 15.9 Å². The summed E-state index contributed by atoms with van der Waals surface area (Å²) >= 11 is 3.44. The molecule has 0 unspecified atom stereocenters. The molecule has 3 rings (SSSR count). The Morgan fingerprint density at radius 3 is 2.75 bits per heavy atom. The molecule has 0 aliphatic carbocycles. The molecule has 20 heavy (non-hydrogen) atoms. The van der Waals surface area contributed by atoms with Gasteiger partial charge >= 0.3 is 0 Å². The molecule has 1 aromatic carbocycles. The predicted octanol–water partition coefficient (Wildman–Crippen LogP) is 2.74. The Morgan fingerprint density at radius 1 is 1.30 bits per heavy atom. The Morgan fingerprint density at radius 2 is 2.05 bits per heavy atom. The highest BCUT2D eigenvalue weighted by Crippen LogP contribution is 2.31. The second-order valence-corrected chi connectivity index (χ2v) is 6.37. The minimum absolute atomic E-state index is 0.0487. The predicted molar refractivity (Wildman–Crippen MR) is 78.7 cm³/mol. The second kappa shape index (κ2) is 5.47. The Balaban J connectivity index is 1.79. The quantitative estimate of drug-likeness (QED) is 0.789. The zero-order valence-corrected chi connectivity index (χ0v) is 13.1. The van der Waals surface area contributed by atoms with Gasteiger partial charge in [0.1, 0.15) is 0 Å². The molecular weight excluding hydrogens is 322 g/mol. The molecule has 0 bridgehead atoms. The lowest BCUT2D eigenvalue weighted by Crippen LogP contribution is -2.51. The summed E-state index contributed by atoms with van der Waals surface area (Å²) in [6, 6.07) is 5.79. The second-order valence-electron chi connectivity index (χ2n) is 5.46. The van der Waals surface area contributed by atoms with Crippen LogP contribution in [0.1, 0.15) is 28.8 Å². The summed E-state index contributed by atoms with van der Waals surface area (Å²) in [5.41, 5.74) is 1.79. The molecule has 1 aromatic rings. The molecule has 108 valence electrons. The average molecular weight is 340 g/mol. The number of halogens is 1.